The highest BCUT2D eigenvalue weighted by Gasteiger charge is 2.33. The number of hydrogen-bond donors (Lipinski definition) is 1. The zero-order valence-electron chi connectivity index (χ0n) is 19.5. The monoisotopic (exact) mass is 524 g/mol. The van der Waals surface area contributed by atoms with E-state index in [-0.39, 0.29) is 32.8 Å². The summed E-state index contributed by atoms with van der Waals surface area (Å²) in [5.74, 6) is 0.286. The fourth-order valence-electron chi connectivity index (χ4n) is 3.95. The predicted molar refractivity (Wildman–Crippen MR) is 136 cm³/mol. The van der Waals surface area contributed by atoms with Crippen molar-refractivity contribution in [1.29, 1.82) is 5.26 Å². The van der Waals surface area contributed by atoms with Crippen molar-refractivity contribution >= 4 is 29.2 Å². The molecule has 3 aromatic rings. The van der Waals surface area contributed by atoms with Crippen LogP contribution in [0.15, 0.2) is 66.1 Å². The first-order valence-electron chi connectivity index (χ1n) is 11.1. The number of fused-ring (bicyclic) bond motifs is 1. The quantitative estimate of drug-likeness (QED) is 0.288. The minimum atomic E-state index is -0.669. The number of carbonyl (C=O) groups excluding carboxylic acids is 1. The summed E-state index contributed by atoms with van der Waals surface area (Å²) in [5.41, 5.74) is 7.98. The Morgan fingerprint density at radius 1 is 1.03 bits per heavy atom. The number of rotatable bonds is 7. The number of nitriles is 1. The number of benzene rings is 3. The molecule has 1 atom stereocenters. The summed E-state index contributed by atoms with van der Waals surface area (Å²) >= 11 is 12.4. The predicted octanol–water partition coefficient (Wildman–Crippen LogP) is 6.23. The SMILES string of the molecule is CCOc1ccccc1C1C(C#N)=C(N)Oc2cc(OC(=O)c3cc(Cl)c(OCC)c(Cl)c3)ccc21. The van der Waals surface area contributed by atoms with E-state index in [0.717, 1.165) is 5.56 Å². The lowest BCUT2D eigenvalue weighted by Crippen LogP contribution is -2.21. The Morgan fingerprint density at radius 3 is 2.39 bits per heavy atom. The minimum Gasteiger partial charge on any atom is -0.494 e. The van der Waals surface area contributed by atoms with Crippen LogP contribution in [0.2, 0.25) is 10.0 Å². The minimum absolute atomic E-state index is 0.0325. The van der Waals surface area contributed by atoms with Gasteiger partial charge >= 0.3 is 5.97 Å². The molecule has 0 amide bonds. The molecule has 4 rings (SSSR count). The van der Waals surface area contributed by atoms with E-state index in [2.05, 4.69) is 6.07 Å². The van der Waals surface area contributed by atoms with Crippen molar-refractivity contribution in [2.24, 2.45) is 5.73 Å². The standard InChI is InChI=1S/C27H22Cl2N2O5/c1-3-33-22-8-6-5-7-17(22)24-18-10-9-16(13-23(18)36-26(31)19(24)14-30)35-27(32)15-11-20(28)25(34-4-2)21(29)12-15/h5-13,24H,3-4,31H2,1-2H3. The molecule has 0 radical (unpaired) electrons. The van der Waals surface area contributed by atoms with Crippen molar-refractivity contribution in [2.45, 2.75) is 19.8 Å². The van der Waals surface area contributed by atoms with Gasteiger partial charge in [0.05, 0.1) is 34.7 Å². The molecule has 0 saturated carbocycles. The normalized spacial score (nSPS) is 14.4. The lowest BCUT2D eigenvalue weighted by Gasteiger charge is -2.27. The largest absolute Gasteiger partial charge is 0.494 e. The topological polar surface area (TPSA) is 104 Å². The van der Waals surface area contributed by atoms with Crippen molar-refractivity contribution < 1.29 is 23.7 Å². The number of allylic oxidation sites excluding steroid dienone is 1. The molecule has 3 aromatic carbocycles. The molecule has 1 aliphatic rings. The number of esters is 1. The molecule has 0 aliphatic carbocycles. The number of para-hydroxylation sites is 1. The van der Waals surface area contributed by atoms with Crippen LogP contribution in [0.1, 0.15) is 41.3 Å². The number of nitrogens with two attached hydrogens (primary N) is 1. The van der Waals surface area contributed by atoms with Crippen molar-refractivity contribution in [3.63, 3.8) is 0 Å². The number of halogens is 2. The Morgan fingerprint density at radius 2 is 1.72 bits per heavy atom. The van der Waals surface area contributed by atoms with Gasteiger partial charge in [0.1, 0.15) is 28.9 Å². The molecule has 36 heavy (non-hydrogen) atoms. The van der Waals surface area contributed by atoms with Gasteiger partial charge in [-0.3, -0.25) is 0 Å². The van der Waals surface area contributed by atoms with Crippen molar-refractivity contribution in [3.05, 3.63) is 92.8 Å². The van der Waals surface area contributed by atoms with Gasteiger partial charge in [-0.25, -0.2) is 4.79 Å². The fraction of sp³-hybridized carbons (Fsp3) is 0.185. The summed E-state index contributed by atoms with van der Waals surface area (Å²) in [6.45, 7) is 4.52. The van der Waals surface area contributed by atoms with E-state index in [1.807, 2.05) is 31.2 Å². The van der Waals surface area contributed by atoms with Gasteiger partial charge in [0, 0.05) is 17.2 Å². The van der Waals surface area contributed by atoms with Crippen LogP contribution >= 0.6 is 23.2 Å². The first-order chi connectivity index (χ1) is 17.4. The third kappa shape index (κ3) is 4.92. The van der Waals surface area contributed by atoms with Crippen molar-refractivity contribution in [3.8, 4) is 29.1 Å². The third-order valence-electron chi connectivity index (χ3n) is 5.45. The van der Waals surface area contributed by atoms with Crippen LogP contribution in [0.4, 0.5) is 0 Å². The van der Waals surface area contributed by atoms with Crippen molar-refractivity contribution in [1.82, 2.24) is 0 Å². The van der Waals surface area contributed by atoms with Crippen LogP contribution in [0.25, 0.3) is 0 Å². The van der Waals surface area contributed by atoms with Gasteiger partial charge in [0.2, 0.25) is 5.88 Å². The molecule has 2 N–H and O–H groups in total. The Hall–Kier alpha value is -3.86. The number of carbonyl (C=O) groups is 1. The molecule has 0 saturated heterocycles. The van der Waals surface area contributed by atoms with Gasteiger partial charge in [-0.1, -0.05) is 47.5 Å². The summed E-state index contributed by atoms with van der Waals surface area (Å²) in [6, 6.07) is 17.3. The van der Waals surface area contributed by atoms with Crippen LogP contribution in [0, 0.1) is 11.3 Å². The van der Waals surface area contributed by atoms with Gasteiger partial charge in [0.15, 0.2) is 5.75 Å². The number of ether oxygens (including phenoxy) is 4. The maximum Gasteiger partial charge on any atom is 0.343 e. The van der Waals surface area contributed by atoms with E-state index in [4.69, 9.17) is 47.9 Å². The molecule has 184 valence electrons. The van der Waals surface area contributed by atoms with Crippen LogP contribution < -0.4 is 24.7 Å². The Balaban J connectivity index is 1.68. The summed E-state index contributed by atoms with van der Waals surface area (Å²) in [5, 5.41) is 10.2. The van der Waals surface area contributed by atoms with Gasteiger partial charge < -0.3 is 24.7 Å². The molecular weight excluding hydrogens is 503 g/mol. The molecular formula is C27H22Cl2N2O5. The first kappa shape index (κ1) is 25.2. The Kier molecular flexibility index (Phi) is 7.58. The lowest BCUT2D eigenvalue weighted by molar-refractivity contribution is 0.0734. The van der Waals surface area contributed by atoms with Crippen molar-refractivity contribution in [2.75, 3.05) is 13.2 Å². The zero-order chi connectivity index (χ0) is 25.8. The van der Waals surface area contributed by atoms with E-state index in [1.165, 1.54) is 12.1 Å². The lowest BCUT2D eigenvalue weighted by atomic mass is 9.83. The van der Waals surface area contributed by atoms with Crippen LogP contribution in [0.5, 0.6) is 23.0 Å². The smallest absolute Gasteiger partial charge is 0.343 e. The fourth-order valence-corrected chi connectivity index (χ4v) is 4.55. The second-order valence-corrected chi connectivity index (χ2v) is 8.50. The van der Waals surface area contributed by atoms with E-state index in [1.54, 1.807) is 25.1 Å². The third-order valence-corrected chi connectivity index (χ3v) is 6.02. The highest BCUT2D eigenvalue weighted by molar-refractivity contribution is 6.37. The van der Waals surface area contributed by atoms with E-state index < -0.39 is 11.9 Å². The highest BCUT2D eigenvalue weighted by Crippen LogP contribution is 2.46. The second kappa shape index (κ2) is 10.8. The molecule has 0 spiro atoms. The van der Waals surface area contributed by atoms with Gasteiger partial charge in [0.25, 0.3) is 0 Å². The van der Waals surface area contributed by atoms with Gasteiger partial charge in [-0.15, -0.1) is 0 Å². The van der Waals surface area contributed by atoms with E-state index in [9.17, 15) is 10.1 Å². The first-order valence-corrected chi connectivity index (χ1v) is 11.9. The van der Waals surface area contributed by atoms with Gasteiger partial charge in [-0.2, -0.15) is 5.26 Å². The molecule has 1 unspecified atom stereocenters. The summed E-state index contributed by atoms with van der Waals surface area (Å²) in [7, 11) is 0. The second-order valence-electron chi connectivity index (χ2n) is 7.69. The highest BCUT2D eigenvalue weighted by atomic mass is 35.5. The molecule has 0 fully saturated rings. The Labute approximate surface area is 218 Å². The van der Waals surface area contributed by atoms with Crippen LogP contribution in [-0.4, -0.2) is 19.2 Å². The maximum absolute atomic E-state index is 12.8. The number of hydrogen-bond acceptors (Lipinski definition) is 7. The summed E-state index contributed by atoms with van der Waals surface area (Å²) < 4.78 is 22.5. The average Bonchev–Trinajstić information content (AvgIpc) is 2.86. The van der Waals surface area contributed by atoms with Crippen LogP contribution in [0.3, 0.4) is 0 Å². The van der Waals surface area contributed by atoms with E-state index in [0.29, 0.717) is 36.0 Å². The number of nitrogens with zero attached hydrogens (tertiary/aromatic N) is 1. The molecule has 1 aliphatic heterocycles. The summed E-state index contributed by atoms with van der Waals surface area (Å²) in [4.78, 5) is 12.8. The van der Waals surface area contributed by atoms with Crippen LogP contribution in [-0.2, 0) is 0 Å². The summed E-state index contributed by atoms with van der Waals surface area (Å²) in [6.07, 6.45) is 0. The molecule has 0 bridgehead atoms. The maximum atomic E-state index is 12.8. The van der Waals surface area contributed by atoms with Gasteiger partial charge in [-0.05, 0) is 38.1 Å². The van der Waals surface area contributed by atoms with E-state index >= 15 is 0 Å². The Bertz CT molecular complexity index is 1370. The molecule has 0 aromatic heterocycles. The molecule has 9 heteroatoms. The molecule has 7 nitrogen and oxygen atoms in total. The average molecular weight is 525 g/mol. The zero-order valence-corrected chi connectivity index (χ0v) is 21.0. The molecule has 1 heterocycles.